The summed E-state index contributed by atoms with van der Waals surface area (Å²) in [4.78, 5) is 0. The summed E-state index contributed by atoms with van der Waals surface area (Å²) in [6.07, 6.45) is 2.49. The van der Waals surface area contributed by atoms with Crippen LogP contribution >= 0.6 is 0 Å². The maximum atomic E-state index is 11.0. The number of nitrogens with one attached hydrogen (secondary N) is 1. The zero-order valence-corrected chi connectivity index (χ0v) is 11.7. The first-order chi connectivity index (χ1) is 8.56. The third kappa shape index (κ3) is 4.38. The monoisotopic (exact) mass is 266 g/mol. The van der Waals surface area contributed by atoms with Crippen molar-refractivity contribution in [1.82, 2.24) is 0 Å². The maximum Gasteiger partial charge on any atom is 0.121 e. The van der Waals surface area contributed by atoms with Crippen molar-refractivity contribution in [3.05, 3.63) is 23.8 Å². The van der Waals surface area contributed by atoms with Gasteiger partial charge in [0.15, 0.2) is 0 Å². The quantitative estimate of drug-likeness (QED) is 0.857. The molecule has 0 radical (unpaired) electrons. The van der Waals surface area contributed by atoms with E-state index in [1.807, 2.05) is 6.92 Å². The van der Waals surface area contributed by atoms with Crippen molar-refractivity contribution in [2.75, 3.05) is 24.4 Å². The molecule has 0 heterocycles. The van der Waals surface area contributed by atoms with Gasteiger partial charge in [-0.2, -0.15) is 5.26 Å². The lowest BCUT2D eigenvalue weighted by Gasteiger charge is -2.16. The van der Waals surface area contributed by atoms with Crippen LogP contribution in [0, 0.1) is 11.3 Å². The first-order valence-corrected chi connectivity index (χ1v) is 7.44. The number of rotatable bonds is 6. The molecule has 1 N–H and O–H groups in total. The molecule has 0 aliphatic rings. The molecule has 0 spiro atoms. The summed E-state index contributed by atoms with van der Waals surface area (Å²) in [6.45, 7) is 2.01. The van der Waals surface area contributed by atoms with Gasteiger partial charge < -0.3 is 10.1 Å². The minimum Gasteiger partial charge on any atom is -0.497 e. The van der Waals surface area contributed by atoms with E-state index in [0.717, 1.165) is 12.1 Å². The largest absolute Gasteiger partial charge is 0.497 e. The Hall–Kier alpha value is -1.54. The van der Waals surface area contributed by atoms with Gasteiger partial charge in [0.2, 0.25) is 0 Å². The summed E-state index contributed by atoms with van der Waals surface area (Å²) in [5, 5.41) is 12.3. The molecule has 98 valence electrons. The highest BCUT2D eigenvalue weighted by Gasteiger charge is 2.08. The average Bonchev–Trinajstić information content (AvgIpc) is 2.36. The lowest BCUT2D eigenvalue weighted by Crippen LogP contribution is -2.18. The highest BCUT2D eigenvalue weighted by Crippen LogP contribution is 2.22. The van der Waals surface area contributed by atoms with Gasteiger partial charge in [-0.3, -0.25) is 4.21 Å². The zero-order chi connectivity index (χ0) is 13.5. The van der Waals surface area contributed by atoms with E-state index in [2.05, 4.69) is 11.4 Å². The smallest absolute Gasteiger partial charge is 0.121 e. The summed E-state index contributed by atoms with van der Waals surface area (Å²) in [6, 6.07) is 7.59. The number of nitrogens with zero attached hydrogens (tertiary/aromatic N) is 1. The molecule has 0 amide bonds. The number of methoxy groups -OCH3 is 1. The molecule has 2 atom stereocenters. The molecule has 0 aromatic heterocycles. The van der Waals surface area contributed by atoms with Gasteiger partial charge in [-0.15, -0.1) is 0 Å². The van der Waals surface area contributed by atoms with Crippen LogP contribution in [0.15, 0.2) is 18.2 Å². The van der Waals surface area contributed by atoms with E-state index in [9.17, 15) is 4.21 Å². The average molecular weight is 266 g/mol. The fourth-order valence-corrected chi connectivity index (χ4v) is 2.23. The van der Waals surface area contributed by atoms with Gasteiger partial charge in [0.1, 0.15) is 11.8 Å². The number of hydrogen-bond acceptors (Lipinski definition) is 4. The van der Waals surface area contributed by atoms with Crippen LogP contribution in [0.3, 0.4) is 0 Å². The third-order valence-electron chi connectivity index (χ3n) is 2.59. The molecule has 5 heteroatoms. The van der Waals surface area contributed by atoms with E-state index in [1.54, 1.807) is 31.6 Å². The Morgan fingerprint density at radius 2 is 2.28 bits per heavy atom. The minimum absolute atomic E-state index is 0.160. The number of hydrogen-bond donors (Lipinski definition) is 1. The Bertz CT molecular complexity index is 469. The van der Waals surface area contributed by atoms with Gasteiger partial charge in [0.25, 0.3) is 0 Å². The number of ether oxygens (including phenoxy) is 1. The molecule has 18 heavy (non-hydrogen) atoms. The van der Waals surface area contributed by atoms with Crippen LogP contribution in [-0.2, 0) is 10.8 Å². The summed E-state index contributed by atoms with van der Waals surface area (Å²) in [5.74, 6) is 1.36. The normalized spacial score (nSPS) is 13.4. The van der Waals surface area contributed by atoms with Crippen molar-refractivity contribution in [3.8, 4) is 11.8 Å². The Balaban J connectivity index is 2.76. The molecule has 1 aromatic carbocycles. The van der Waals surface area contributed by atoms with E-state index < -0.39 is 10.8 Å². The van der Waals surface area contributed by atoms with Crippen molar-refractivity contribution < 1.29 is 8.95 Å². The van der Waals surface area contributed by atoms with E-state index >= 15 is 0 Å². The Morgan fingerprint density at radius 3 is 2.83 bits per heavy atom. The topological polar surface area (TPSA) is 62.1 Å². The second kappa shape index (κ2) is 7.02. The Labute approximate surface area is 110 Å². The van der Waals surface area contributed by atoms with Gasteiger partial charge in [-0.25, -0.2) is 0 Å². The fraction of sp³-hybridized carbons (Fsp3) is 0.462. The predicted molar refractivity (Wildman–Crippen MR) is 74.3 cm³/mol. The third-order valence-corrected chi connectivity index (χ3v) is 3.40. The summed E-state index contributed by atoms with van der Waals surface area (Å²) < 4.78 is 16.2. The summed E-state index contributed by atoms with van der Waals surface area (Å²) in [7, 11) is 0.805. The molecular weight excluding hydrogens is 248 g/mol. The van der Waals surface area contributed by atoms with Gasteiger partial charge in [-0.1, -0.05) is 0 Å². The van der Waals surface area contributed by atoms with Crippen LogP contribution < -0.4 is 10.1 Å². The van der Waals surface area contributed by atoms with E-state index in [4.69, 9.17) is 10.00 Å². The predicted octanol–water partition coefficient (Wildman–Crippen LogP) is 2.14. The molecule has 0 saturated carbocycles. The minimum atomic E-state index is -0.787. The van der Waals surface area contributed by atoms with E-state index in [0.29, 0.717) is 17.1 Å². The number of nitriles is 1. The molecule has 0 aliphatic carbocycles. The summed E-state index contributed by atoms with van der Waals surface area (Å²) in [5.41, 5.74) is 1.34. The molecular formula is C13H18N2O2S. The number of anilines is 1. The molecule has 1 rings (SSSR count). The van der Waals surface area contributed by atoms with Gasteiger partial charge >= 0.3 is 0 Å². The Kier molecular flexibility index (Phi) is 5.66. The van der Waals surface area contributed by atoms with Crippen LogP contribution in [0.25, 0.3) is 0 Å². The van der Waals surface area contributed by atoms with E-state index in [1.165, 1.54) is 0 Å². The highest BCUT2D eigenvalue weighted by molar-refractivity contribution is 7.84. The second-order valence-corrected chi connectivity index (χ2v) is 5.69. The number of benzene rings is 1. The molecule has 0 fully saturated rings. The summed E-state index contributed by atoms with van der Waals surface area (Å²) >= 11 is 0. The van der Waals surface area contributed by atoms with Gasteiger partial charge in [0.05, 0.1) is 18.4 Å². The second-order valence-electron chi connectivity index (χ2n) is 4.13. The van der Waals surface area contributed by atoms with Crippen molar-refractivity contribution in [2.45, 2.75) is 19.4 Å². The fourth-order valence-electron chi connectivity index (χ4n) is 1.55. The lowest BCUT2D eigenvalue weighted by molar-refractivity contribution is 0.415. The first-order valence-electron chi connectivity index (χ1n) is 5.71. The molecule has 0 bridgehead atoms. The molecule has 4 nitrogen and oxygen atoms in total. The molecule has 1 aromatic rings. The van der Waals surface area contributed by atoms with Crippen LogP contribution in [0.4, 0.5) is 5.69 Å². The van der Waals surface area contributed by atoms with Gasteiger partial charge in [0, 0.05) is 34.9 Å². The Morgan fingerprint density at radius 1 is 1.56 bits per heavy atom. The van der Waals surface area contributed by atoms with Crippen molar-refractivity contribution in [1.29, 1.82) is 5.26 Å². The standard InChI is InChI=1S/C13H18N2O2S/c1-10(6-7-18(3)16)15-13-8-12(17-2)5-4-11(13)9-14/h4-5,8,10,15H,6-7H2,1-3H3. The highest BCUT2D eigenvalue weighted by atomic mass is 32.2. The van der Waals surface area contributed by atoms with Crippen LogP contribution in [0.5, 0.6) is 5.75 Å². The maximum absolute atomic E-state index is 11.0. The SMILES string of the molecule is COc1ccc(C#N)c(NC(C)CCS(C)=O)c1. The molecule has 2 unspecified atom stereocenters. The molecule has 0 saturated heterocycles. The lowest BCUT2D eigenvalue weighted by atomic mass is 10.1. The zero-order valence-electron chi connectivity index (χ0n) is 10.9. The van der Waals surface area contributed by atoms with Crippen LogP contribution in [-0.4, -0.2) is 29.4 Å². The van der Waals surface area contributed by atoms with Gasteiger partial charge in [-0.05, 0) is 25.5 Å². The van der Waals surface area contributed by atoms with Crippen molar-refractivity contribution in [3.63, 3.8) is 0 Å². The molecule has 0 aliphatic heterocycles. The van der Waals surface area contributed by atoms with Crippen molar-refractivity contribution >= 4 is 16.5 Å². The first kappa shape index (κ1) is 14.5. The van der Waals surface area contributed by atoms with Crippen molar-refractivity contribution in [2.24, 2.45) is 0 Å². The van der Waals surface area contributed by atoms with Crippen LogP contribution in [0.1, 0.15) is 18.9 Å². The van der Waals surface area contributed by atoms with Crippen LogP contribution in [0.2, 0.25) is 0 Å². The van der Waals surface area contributed by atoms with E-state index in [-0.39, 0.29) is 6.04 Å².